The third kappa shape index (κ3) is 3.57. The SMILES string of the molecule is Cc1cccc(N2C(=O)/C(=C3/Sc4ccccc4N3C)SC2=Nc2ccc3ncccc3c2)c1. The summed E-state index contributed by atoms with van der Waals surface area (Å²) in [5.74, 6) is -0.0565. The Kier molecular flexibility index (Phi) is 5.16. The molecule has 0 spiro atoms. The van der Waals surface area contributed by atoms with Crippen LogP contribution in [0.25, 0.3) is 10.9 Å². The van der Waals surface area contributed by atoms with Crippen molar-refractivity contribution in [2.24, 2.45) is 4.99 Å². The van der Waals surface area contributed by atoms with Crippen LogP contribution < -0.4 is 9.80 Å². The van der Waals surface area contributed by atoms with Gasteiger partial charge in [-0.05, 0) is 72.8 Å². The van der Waals surface area contributed by atoms with E-state index in [-0.39, 0.29) is 5.91 Å². The van der Waals surface area contributed by atoms with Crippen molar-refractivity contribution in [3.63, 3.8) is 0 Å². The van der Waals surface area contributed by atoms with Gasteiger partial charge in [0.25, 0.3) is 5.91 Å². The molecule has 1 saturated heterocycles. The Bertz CT molecular complexity index is 1530. The van der Waals surface area contributed by atoms with Gasteiger partial charge in [0.1, 0.15) is 4.91 Å². The number of para-hydroxylation sites is 1. The number of anilines is 2. The maximum atomic E-state index is 13.8. The fourth-order valence-corrected chi connectivity index (χ4v) is 6.46. The Morgan fingerprint density at radius 3 is 2.65 bits per heavy atom. The summed E-state index contributed by atoms with van der Waals surface area (Å²) in [7, 11) is 2.01. The summed E-state index contributed by atoms with van der Waals surface area (Å²) in [6, 6.07) is 26.0. The fraction of sp³-hybridized carbons (Fsp3) is 0.0741. The number of nitrogens with zero attached hydrogens (tertiary/aromatic N) is 4. The molecule has 0 atom stereocenters. The Morgan fingerprint density at radius 2 is 1.79 bits per heavy atom. The van der Waals surface area contributed by atoms with E-state index >= 15 is 0 Å². The number of carbonyl (C=O) groups excluding carboxylic acids is 1. The summed E-state index contributed by atoms with van der Waals surface area (Å²) in [5.41, 5.74) is 4.72. The molecule has 2 aliphatic heterocycles. The van der Waals surface area contributed by atoms with Crippen molar-refractivity contribution in [1.82, 2.24) is 4.98 Å². The van der Waals surface area contributed by atoms with E-state index < -0.39 is 0 Å². The van der Waals surface area contributed by atoms with Gasteiger partial charge in [0.2, 0.25) is 0 Å². The smallest absolute Gasteiger partial charge is 0.274 e. The number of pyridine rings is 1. The predicted octanol–water partition coefficient (Wildman–Crippen LogP) is 6.72. The van der Waals surface area contributed by atoms with Gasteiger partial charge in [-0.1, -0.05) is 42.1 Å². The minimum absolute atomic E-state index is 0.0565. The summed E-state index contributed by atoms with van der Waals surface area (Å²) < 4.78 is 0. The zero-order valence-electron chi connectivity index (χ0n) is 18.6. The molecule has 4 aromatic rings. The van der Waals surface area contributed by atoms with Crippen LogP contribution in [0.1, 0.15) is 5.56 Å². The van der Waals surface area contributed by atoms with Crippen LogP contribution in [-0.2, 0) is 4.79 Å². The maximum Gasteiger partial charge on any atom is 0.274 e. The molecule has 34 heavy (non-hydrogen) atoms. The van der Waals surface area contributed by atoms with Crippen molar-refractivity contribution < 1.29 is 4.79 Å². The molecule has 2 aliphatic rings. The third-order valence-electron chi connectivity index (χ3n) is 5.79. The second-order valence-corrected chi connectivity index (χ2v) is 10.1. The quantitative estimate of drug-likeness (QED) is 0.298. The van der Waals surface area contributed by atoms with Crippen LogP contribution in [0.4, 0.5) is 17.1 Å². The van der Waals surface area contributed by atoms with E-state index in [0.717, 1.165) is 43.5 Å². The zero-order chi connectivity index (χ0) is 23.2. The van der Waals surface area contributed by atoms with Crippen LogP contribution >= 0.6 is 23.5 Å². The minimum atomic E-state index is -0.0565. The van der Waals surface area contributed by atoms with Gasteiger partial charge in [-0.15, -0.1) is 0 Å². The molecule has 0 saturated carbocycles. The number of amides is 1. The molecule has 0 unspecified atom stereocenters. The highest BCUT2D eigenvalue weighted by Crippen LogP contribution is 2.50. The lowest BCUT2D eigenvalue weighted by Crippen LogP contribution is -2.29. The molecule has 3 aromatic carbocycles. The van der Waals surface area contributed by atoms with Crippen molar-refractivity contribution in [2.45, 2.75) is 11.8 Å². The molecule has 7 heteroatoms. The summed E-state index contributed by atoms with van der Waals surface area (Å²) in [6.45, 7) is 2.03. The van der Waals surface area contributed by atoms with Crippen LogP contribution in [0.2, 0.25) is 0 Å². The number of thioether (sulfide) groups is 2. The Labute approximate surface area is 206 Å². The number of benzene rings is 3. The van der Waals surface area contributed by atoms with Crippen LogP contribution in [0.5, 0.6) is 0 Å². The van der Waals surface area contributed by atoms with Crippen molar-refractivity contribution in [3.05, 3.63) is 101 Å². The molecule has 5 nitrogen and oxygen atoms in total. The van der Waals surface area contributed by atoms with E-state index in [1.165, 1.54) is 11.8 Å². The molecule has 0 aliphatic carbocycles. The number of hydrogen-bond donors (Lipinski definition) is 0. The maximum absolute atomic E-state index is 13.8. The predicted molar refractivity (Wildman–Crippen MR) is 143 cm³/mol. The average molecular weight is 481 g/mol. The number of hydrogen-bond acceptors (Lipinski definition) is 6. The third-order valence-corrected chi connectivity index (χ3v) is 8.18. The van der Waals surface area contributed by atoms with Gasteiger partial charge in [0.15, 0.2) is 5.17 Å². The second-order valence-electron chi connectivity index (χ2n) is 8.12. The monoisotopic (exact) mass is 480 g/mol. The van der Waals surface area contributed by atoms with Crippen molar-refractivity contribution >= 4 is 62.6 Å². The van der Waals surface area contributed by atoms with E-state index in [4.69, 9.17) is 4.99 Å². The second kappa shape index (κ2) is 8.34. The standard InChI is InChI=1S/C27H20N4OS2/c1-17-7-5-9-20(15-17)31-25(32)24(26-30(2)22-10-3-4-11-23(22)33-26)34-27(31)29-19-12-13-21-18(16-19)8-6-14-28-21/h3-16H,1-2H3/b26-24-,29-27?. The van der Waals surface area contributed by atoms with Gasteiger partial charge >= 0.3 is 0 Å². The Morgan fingerprint density at radius 1 is 0.912 bits per heavy atom. The first-order chi connectivity index (χ1) is 16.6. The summed E-state index contributed by atoms with van der Waals surface area (Å²) in [5, 5.41) is 2.59. The highest BCUT2D eigenvalue weighted by molar-refractivity contribution is 8.20. The number of aromatic nitrogens is 1. The zero-order valence-corrected chi connectivity index (χ0v) is 20.2. The number of rotatable bonds is 2. The van der Waals surface area contributed by atoms with E-state index in [1.807, 2.05) is 80.7 Å². The van der Waals surface area contributed by atoms with Gasteiger partial charge in [-0.2, -0.15) is 0 Å². The highest BCUT2D eigenvalue weighted by atomic mass is 32.2. The van der Waals surface area contributed by atoms with Gasteiger partial charge in [-0.3, -0.25) is 14.7 Å². The topological polar surface area (TPSA) is 48.8 Å². The first-order valence-corrected chi connectivity index (χ1v) is 12.5. The fourth-order valence-electron chi connectivity index (χ4n) is 4.12. The lowest BCUT2D eigenvalue weighted by atomic mass is 10.2. The first kappa shape index (κ1) is 21.0. The van der Waals surface area contributed by atoms with Crippen LogP contribution in [0.15, 0.2) is 105 Å². The highest BCUT2D eigenvalue weighted by Gasteiger charge is 2.40. The normalized spacial score (nSPS) is 18.9. The van der Waals surface area contributed by atoms with Gasteiger partial charge in [-0.25, -0.2) is 4.99 Å². The summed E-state index contributed by atoms with van der Waals surface area (Å²) >= 11 is 3.06. The molecule has 1 fully saturated rings. The van der Waals surface area contributed by atoms with Crippen LogP contribution in [0, 0.1) is 6.92 Å². The number of fused-ring (bicyclic) bond motifs is 2. The van der Waals surface area contributed by atoms with Crippen LogP contribution in [0.3, 0.4) is 0 Å². The van der Waals surface area contributed by atoms with Crippen molar-refractivity contribution in [3.8, 4) is 0 Å². The molecule has 0 radical (unpaired) electrons. The van der Waals surface area contributed by atoms with E-state index in [2.05, 4.69) is 22.0 Å². The van der Waals surface area contributed by atoms with E-state index in [0.29, 0.717) is 10.1 Å². The minimum Gasteiger partial charge on any atom is -0.337 e. The lowest BCUT2D eigenvalue weighted by molar-refractivity contribution is -0.113. The van der Waals surface area contributed by atoms with Gasteiger partial charge in [0.05, 0.1) is 27.6 Å². The molecule has 1 amide bonds. The Balaban J connectivity index is 1.48. The van der Waals surface area contributed by atoms with E-state index in [9.17, 15) is 4.79 Å². The average Bonchev–Trinajstić information content (AvgIpc) is 3.35. The molecule has 3 heterocycles. The molecule has 6 rings (SSSR count). The van der Waals surface area contributed by atoms with Crippen molar-refractivity contribution in [2.75, 3.05) is 16.8 Å². The lowest BCUT2D eigenvalue weighted by Gasteiger charge is -2.17. The molecule has 0 bridgehead atoms. The molecule has 1 aromatic heterocycles. The van der Waals surface area contributed by atoms with Gasteiger partial charge in [0, 0.05) is 23.5 Å². The molecular weight excluding hydrogens is 460 g/mol. The molecular formula is C27H20N4OS2. The van der Waals surface area contributed by atoms with E-state index in [1.54, 1.807) is 22.9 Å². The molecule has 166 valence electrons. The summed E-state index contributed by atoms with van der Waals surface area (Å²) in [4.78, 5) is 28.8. The first-order valence-electron chi connectivity index (χ1n) is 10.9. The molecule has 0 N–H and O–H groups in total. The number of amidine groups is 1. The number of carbonyl (C=O) groups is 1. The Hall–Kier alpha value is -3.55. The number of aryl methyl sites for hydroxylation is 1. The van der Waals surface area contributed by atoms with Gasteiger partial charge < -0.3 is 4.90 Å². The largest absolute Gasteiger partial charge is 0.337 e. The number of aliphatic imine (C=N–C) groups is 1. The van der Waals surface area contributed by atoms with Crippen LogP contribution in [-0.4, -0.2) is 23.1 Å². The van der Waals surface area contributed by atoms with Crippen molar-refractivity contribution in [1.29, 1.82) is 0 Å². The summed E-state index contributed by atoms with van der Waals surface area (Å²) in [6.07, 6.45) is 1.78.